The van der Waals surface area contributed by atoms with E-state index in [0.29, 0.717) is 16.6 Å². The number of amides is 1. The third-order valence-electron chi connectivity index (χ3n) is 3.18. The van der Waals surface area contributed by atoms with Crippen LogP contribution in [0.1, 0.15) is 17.3 Å². The topological polar surface area (TPSA) is 99.5 Å². The van der Waals surface area contributed by atoms with Crippen molar-refractivity contribution >= 4 is 22.5 Å². The number of H-pyrrole nitrogens is 1. The number of hydrogen-bond donors (Lipinski definition) is 3. The highest BCUT2D eigenvalue weighted by Crippen LogP contribution is 2.13. The van der Waals surface area contributed by atoms with E-state index in [-0.39, 0.29) is 17.7 Å². The van der Waals surface area contributed by atoms with E-state index in [9.17, 15) is 14.7 Å². The van der Waals surface area contributed by atoms with Crippen molar-refractivity contribution < 1.29 is 9.90 Å². The Morgan fingerprint density at radius 1 is 1.48 bits per heavy atom. The number of aliphatic hydroxyl groups is 1. The fourth-order valence-corrected chi connectivity index (χ4v) is 2.18. The van der Waals surface area contributed by atoms with Crippen LogP contribution in [0.15, 0.2) is 35.3 Å². The van der Waals surface area contributed by atoms with Gasteiger partial charge in [0.2, 0.25) is 0 Å². The quantitative estimate of drug-likeness (QED) is 0.644. The molecule has 0 fully saturated rings. The van der Waals surface area contributed by atoms with Gasteiger partial charge in [-0.05, 0) is 19.1 Å². The van der Waals surface area contributed by atoms with Crippen molar-refractivity contribution in [3.05, 3.63) is 46.4 Å². The minimum atomic E-state index is -0.643. The average Bonchev–Trinajstić information content (AvgIpc) is 2.89. The molecule has 7 heteroatoms. The van der Waals surface area contributed by atoms with Crippen molar-refractivity contribution in [2.45, 2.75) is 13.0 Å². The molecule has 1 atom stereocenters. The van der Waals surface area contributed by atoms with Gasteiger partial charge in [-0.2, -0.15) is 5.10 Å². The van der Waals surface area contributed by atoms with Crippen LogP contribution in [-0.2, 0) is 0 Å². The minimum Gasteiger partial charge on any atom is -0.392 e. The van der Waals surface area contributed by atoms with Crippen molar-refractivity contribution in [2.24, 2.45) is 0 Å². The summed E-state index contributed by atoms with van der Waals surface area (Å²) >= 11 is 0. The molecule has 0 aliphatic carbocycles. The van der Waals surface area contributed by atoms with Crippen molar-refractivity contribution in [1.29, 1.82) is 0 Å². The first-order valence-electron chi connectivity index (χ1n) is 6.53. The third kappa shape index (κ3) is 2.27. The van der Waals surface area contributed by atoms with Crippen LogP contribution in [0.3, 0.4) is 0 Å². The SMILES string of the molecule is CC(O)CNC(=O)c1cnn2c1[nH]c(=O)c1ccccc12. The number of fused-ring (bicyclic) bond motifs is 3. The molecule has 7 nitrogen and oxygen atoms in total. The second-order valence-electron chi connectivity index (χ2n) is 4.85. The van der Waals surface area contributed by atoms with Crippen LogP contribution >= 0.6 is 0 Å². The van der Waals surface area contributed by atoms with Gasteiger partial charge < -0.3 is 15.4 Å². The van der Waals surface area contributed by atoms with Gasteiger partial charge in [0, 0.05) is 6.54 Å². The van der Waals surface area contributed by atoms with Gasteiger partial charge in [0.15, 0.2) is 0 Å². The summed E-state index contributed by atoms with van der Waals surface area (Å²) in [6.45, 7) is 1.71. The van der Waals surface area contributed by atoms with Crippen molar-refractivity contribution in [2.75, 3.05) is 6.54 Å². The maximum atomic E-state index is 12.1. The number of rotatable bonds is 3. The number of hydrogen-bond acceptors (Lipinski definition) is 4. The van der Waals surface area contributed by atoms with Gasteiger partial charge in [-0.15, -0.1) is 0 Å². The molecule has 2 heterocycles. The standard InChI is InChI=1S/C14H14N4O3/c1-8(19)6-15-13(20)10-7-16-18-11-5-3-2-4-9(11)14(21)17-12(10)18/h2-5,7-8,19H,6H2,1H3,(H,15,20)(H,17,21). The van der Waals surface area contributed by atoms with E-state index in [1.807, 2.05) is 0 Å². The molecule has 0 radical (unpaired) electrons. The Balaban J connectivity index is 2.14. The summed E-state index contributed by atoms with van der Waals surface area (Å²) in [6.07, 6.45) is 0.755. The number of benzene rings is 1. The summed E-state index contributed by atoms with van der Waals surface area (Å²) in [5, 5.41) is 16.4. The molecular weight excluding hydrogens is 272 g/mol. The lowest BCUT2D eigenvalue weighted by Gasteiger charge is -2.06. The Hall–Kier alpha value is -2.67. The van der Waals surface area contributed by atoms with E-state index in [1.165, 1.54) is 10.7 Å². The molecule has 1 unspecified atom stereocenters. The lowest BCUT2D eigenvalue weighted by atomic mass is 10.2. The summed E-state index contributed by atoms with van der Waals surface area (Å²) in [6, 6.07) is 7.03. The van der Waals surface area contributed by atoms with Gasteiger partial charge in [-0.3, -0.25) is 9.59 Å². The van der Waals surface area contributed by atoms with E-state index < -0.39 is 12.0 Å². The number of aromatic nitrogens is 3. The second kappa shape index (κ2) is 5.02. The first-order valence-corrected chi connectivity index (χ1v) is 6.53. The zero-order chi connectivity index (χ0) is 15.0. The van der Waals surface area contributed by atoms with Crippen LogP contribution in [-0.4, -0.2) is 38.3 Å². The zero-order valence-corrected chi connectivity index (χ0v) is 11.3. The van der Waals surface area contributed by atoms with Gasteiger partial charge >= 0.3 is 0 Å². The Bertz CT molecular complexity index is 879. The van der Waals surface area contributed by atoms with Gasteiger partial charge in [0.1, 0.15) is 11.2 Å². The molecule has 0 spiro atoms. The Kier molecular flexibility index (Phi) is 3.19. The highest BCUT2D eigenvalue weighted by atomic mass is 16.3. The highest BCUT2D eigenvalue weighted by molar-refractivity contribution is 6.00. The third-order valence-corrected chi connectivity index (χ3v) is 3.18. The molecule has 3 rings (SSSR count). The molecule has 108 valence electrons. The lowest BCUT2D eigenvalue weighted by Crippen LogP contribution is -2.30. The van der Waals surface area contributed by atoms with Crippen LogP contribution in [0, 0.1) is 0 Å². The number of carbonyl (C=O) groups excluding carboxylic acids is 1. The van der Waals surface area contributed by atoms with E-state index >= 15 is 0 Å². The number of para-hydroxylation sites is 1. The van der Waals surface area contributed by atoms with Crippen molar-refractivity contribution in [3.8, 4) is 0 Å². The minimum absolute atomic E-state index is 0.133. The number of aliphatic hydroxyl groups excluding tert-OH is 1. The van der Waals surface area contributed by atoms with E-state index in [1.54, 1.807) is 31.2 Å². The van der Waals surface area contributed by atoms with Crippen LogP contribution in [0.5, 0.6) is 0 Å². The first-order chi connectivity index (χ1) is 10.1. The largest absolute Gasteiger partial charge is 0.392 e. The Labute approximate surface area is 119 Å². The van der Waals surface area contributed by atoms with Crippen LogP contribution < -0.4 is 10.9 Å². The molecule has 0 aliphatic heterocycles. The van der Waals surface area contributed by atoms with E-state index in [2.05, 4.69) is 15.4 Å². The average molecular weight is 286 g/mol. The maximum absolute atomic E-state index is 12.1. The zero-order valence-electron chi connectivity index (χ0n) is 11.3. The normalized spacial score (nSPS) is 12.7. The fraction of sp³-hybridized carbons (Fsp3) is 0.214. The molecule has 1 aromatic carbocycles. The van der Waals surface area contributed by atoms with Gasteiger partial charge in [-0.25, -0.2) is 4.52 Å². The molecule has 0 aliphatic rings. The molecule has 0 saturated carbocycles. The van der Waals surface area contributed by atoms with Crippen molar-refractivity contribution in [3.63, 3.8) is 0 Å². The molecule has 0 bridgehead atoms. The lowest BCUT2D eigenvalue weighted by molar-refractivity contribution is 0.0925. The monoisotopic (exact) mass is 286 g/mol. The Morgan fingerprint density at radius 2 is 2.24 bits per heavy atom. The second-order valence-corrected chi connectivity index (χ2v) is 4.85. The molecule has 1 amide bonds. The predicted octanol–water partition coefficient (Wildman–Crippen LogP) is 0.286. The molecular formula is C14H14N4O3. The number of nitrogens with one attached hydrogen (secondary N) is 2. The summed E-state index contributed by atoms with van der Waals surface area (Å²) < 4.78 is 1.52. The molecule has 3 N–H and O–H groups in total. The molecule has 2 aromatic heterocycles. The predicted molar refractivity (Wildman–Crippen MR) is 77.3 cm³/mol. The molecule has 21 heavy (non-hydrogen) atoms. The Morgan fingerprint density at radius 3 is 3.00 bits per heavy atom. The van der Waals surface area contributed by atoms with E-state index in [0.717, 1.165) is 0 Å². The maximum Gasteiger partial charge on any atom is 0.259 e. The van der Waals surface area contributed by atoms with Crippen molar-refractivity contribution in [1.82, 2.24) is 19.9 Å². The van der Waals surface area contributed by atoms with Crippen LogP contribution in [0.2, 0.25) is 0 Å². The van der Waals surface area contributed by atoms with E-state index in [4.69, 9.17) is 0 Å². The van der Waals surface area contributed by atoms with Gasteiger partial charge in [0.05, 0.1) is 23.2 Å². The number of nitrogens with zero attached hydrogens (tertiary/aromatic N) is 2. The van der Waals surface area contributed by atoms with Gasteiger partial charge in [0.25, 0.3) is 11.5 Å². The fourth-order valence-electron chi connectivity index (χ4n) is 2.18. The summed E-state index contributed by atoms with van der Waals surface area (Å²) in [5.74, 6) is -0.392. The molecule has 3 aromatic rings. The smallest absolute Gasteiger partial charge is 0.259 e. The number of carbonyl (C=O) groups is 1. The highest BCUT2D eigenvalue weighted by Gasteiger charge is 2.16. The number of aromatic amines is 1. The van der Waals surface area contributed by atoms with Gasteiger partial charge in [-0.1, -0.05) is 12.1 Å². The van der Waals surface area contributed by atoms with Crippen LogP contribution in [0.25, 0.3) is 16.6 Å². The first kappa shape index (κ1) is 13.3. The van der Waals surface area contributed by atoms with Crippen LogP contribution in [0.4, 0.5) is 0 Å². The summed E-state index contributed by atoms with van der Waals surface area (Å²) in [5.41, 5.74) is 0.953. The molecule has 0 saturated heterocycles. The summed E-state index contributed by atoms with van der Waals surface area (Å²) in [7, 11) is 0. The summed E-state index contributed by atoms with van der Waals surface area (Å²) in [4.78, 5) is 26.8.